The molecule has 0 fully saturated rings. The summed E-state index contributed by atoms with van der Waals surface area (Å²) in [4.78, 5) is 2.40. The highest BCUT2D eigenvalue weighted by Gasteiger charge is 2.18. The second-order valence-electron chi connectivity index (χ2n) is 5.00. The number of likely N-dealkylation sites (N-methyl/N-ethyl adjacent to an activating group) is 2. The highest BCUT2D eigenvalue weighted by atomic mass is 15.1. The fourth-order valence-corrected chi connectivity index (χ4v) is 1.90. The first-order valence-corrected chi connectivity index (χ1v) is 5.31. The molecule has 2 heteroatoms. The summed E-state index contributed by atoms with van der Waals surface area (Å²) in [6, 6.07) is 0. The van der Waals surface area contributed by atoms with E-state index in [2.05, 4.69) is 51.9 Å². The van der Waals surface area contributed by atoms with Crippen LogP contribution in [-0.2, 0) is 0 Å². The molecule has 0 saturated carbocycles. The van der Waals surface area contributed by atoms with E-state index < -0.39 is 0 Å². The fourth-order valence-electron chi connectivity index (χ4n) is 1.90. The third-order valence-electron chi connectivity index (χ3n) is 2.00. The summed E-state index contributed by atoms with van der Waals surface area (Å²) >= 11 is 0. The first-order chi connectivity index (χ1) is 5.87. The van der Waals surface area contributed by atoms with Crippen molar-refractivity contribution in [3.8, 4) is 0 Å². The van der Waals surface area contributed by atoms with Crippen molar-refractivity contribution in [3.05, 3.63) is 0 Å². The van der Waals surface area contributed by atoms with Gasteiger partial charge in [0.2, 0.25) is 0 Å². The van der Waals surface area contributed by atoms with Crippen LogP contribution in [0.25, 0.3) is 0 Å². The molecule has 0 atom stereocenters. The van der Waals surface area contributed by atoms with Crippen molar-refractivity contribution in [2.45, 2.75) is 40.2 Å². The van der Waals surface area contributed by atoms with Gasteiger partial charge >= 0.3 is 0 Å². The number of nitrogens with one attached hydrogen (secondary N) is 1. The van der Waals surface area contributed by atoms with Crippen LogP contribution >= 0.6 is 0 Å². The molecule has 0 aliphatic heterocycles. The summed E-state index contributed by atoms with van der Waals surface area (Å²) in [7, 11) is 2.19. The average Bonchev–Trinajstić information content (AvgIpc) is 1.81. The predicted octanol–water partition coefficient (Wildman–Crippen LogP) is 1.96. The normalized spacial score (nSPS) is 12.9. The molecule has 2 nitrogen and oxygen atoms in total. The SMILES string of the molecule is CCNC(C)(C)CN(C)CC(C)C. The van der Waals surface area contributed by atoms with Crippen LogP contribution in [0.3, 0.4) is 0 Å². The van der Waals surface area contributed by atoms with Gasteiger partial charge < -0.3 is 10.2 Å². The quantitative estimate of drug-likeness (QED) is 0.682. The van der Waals surface area contributed by atoms with Gasteiger partial charge in [-0.05, 0) is 33.4 Å². The molecule has 13 heavy (non-hydrogen) atoms. The van der Waals surface area contributed by atoms with Crippen LogP contribution in [0, 0.1) is 5.92 Å². The molecule has 0 rings (SSSR count). The molecule has 1 N–H and O–H groups in total. The van der Waals surface area contributed by atoms with Crippen molar-refractivity contribution in [2.24, 2.45) is 5.92 Å². The van der Waals surface area contributed by atoms with Crippen LogP contribution in [0.15, 0.2) is 0 Å². The maximum atomic E-state index is 3.48. The van der Waals surface area contributed by atoms with E-state index in [0.717, 1.165) is 19.0 Å². The zero-order chi connectivity index (χ0) is 10.5. The molecule has 0 spiro atoms. The molecule has 0 heterocycles. The van der Waals surface area contributed by atoms with Gasteiger partial charge in [0.15, 0.2) is 0 Å². The van der Waals surface area contributed by atoms with E-state index in [1.54, 1.807) is 0 Å². The Morgan fingerprint density at radius 1 is 1.31 bits per heavy atom. The lowest BCUT2D eigenvalue weighted by Crippen LogP contribution is -2.48. The summed E-state index contributed by atoms with van der Waals surface area (Å²) in [5, 5.41) is 3.48. The van der Waals surface area contributed by atoms with Gasteiger partial charge in [-0.15, -0.1) is 0 Å². The van der Waals surface area contributed by atoms with Crippen molar-refractivity contribution in [2.75, 3.05) is 26.7 Å². The first kappa shape index (κ1) is 12.9. The lowest BCUT2D eigenvalue weighted by Gasteiger charge is -2.31. The second kappa shape index (κ2) is 5.61. The Morgan fingerprint density at radius 3 is 2.23 bits per heavy atom. The monoisotopic (exact) mass is 186 g/mol. The molecule has 0 radical (unpaired) electrons. The van der Waals surface area contributed by atoms with Crippen LogP contribution in [0.2, 0.25) is 0 Å². The Morgan fingerprint density at radius 2 is 1.85 bits per heavy atom. The summed E-state index contributed by atoms with van der Waals surface area (Å²) in [6.45, 7) is 14.5. The van der Waals surface area contributed by atoms with Gasteiger partial charge in [0, 0.05) is 18.6 Å². The Bertz CT molecular complexity index is 130. The number of hydrogen-bond acceptors (Lipinski definition) is 2. The second-order valence-corrected chi connectivity index (χ2v) is 5.00. The third kappa shape index (κ3) is 7.03. The van der Waals surface area contributed by atoms with Gasteiger partial charge in [-0.1, -0.05) is 20.8 Å². The third-order valence-corrected chi connectivity index (χ3v) is 2.00. The van der Waals surface area contributed by atoms with Gasteiger partial charge in [0.1, 0.15) is 0 Å². The number of nitrogens with zero attached hydrogens (tertiary/aromatic N) is 1. The summed E-state index contributed by atoms with van der Waals surface area (Å²) < 4.78 is 0. The van der Waals surface area contributed by atoms with E-state index in [0.29, 0.717) is 0 Å². The molecule has 0 aromatic rings. The van der Waals surface area contributed by atoms with E-state index >= 15 is 0 Å². The molecule has 0 unspecified atom stereocenters. The minimum absolute atomic E-state index is 0.235. The van der Waals surface area contributed by atoms with E-state index in [-0.39, 0.29) is 5.54 Å². The van der Waals surface area contributed by atoms with Crippen LogP contribution in [-0.4, -0.2) is 37.1 Å². The van der Waals surface area contributed by atoms with Crippen molar-refractivity contribution >= 4 is 0 Å². The molecule has 0 aromatic carbocycles. The maximum Gasteiger partial charge on any atom is 0.0251 e. The van der Waals surface area contributed by atoms with Crippen molar-refractivity contribution in [1.29, 1.82) is 0 Å². The van der Waals surface area contributed by atoms with E-state index in [1.165, 1.54) is 6.54 Å². The Hall–Kier alpha value is -0.0800. The van der Waals surface area contributed by atoms with Gasteiger partial charge in [-0.3, -0.25) is 0 Å². The topological polar surface area (TPSA) is 15.3 Å². The molecule has 0 aliphatic carbocycles. The van der Waals surface area contributed by atoms with Crippen LogP contribution in [0.5, 0.6) is 0 Å². The minimum Gasteiger partial charge on any atom is -0.311 e. The van der Waals surface area contributed by atoms with Gasteiger partial charge in [-0.2, -0.15) is 0 Å². The van der Waals surface area contributed by atoms with Crippen LogP contribution in [0.1, 0.15) is 34.6 Å². The molecular formula is C11H26N2. The molecular weight excluding hydrogens is 160 g/mol. The molecule has 80 valence electrons. The van der Waals surface area contributed by atoms with Crippen molar-refractivity contribution < 1.29 is 0 Å². The van der Waals surface area contributed by atoms with Gasteiger partial charge in [0.05, 0.1) is 0 Å². The zero-order valence-corrected chi connectivity index (χ0v) is 10.1. The molecule has 0 amide bonds. The number of rotatable bonds is 6. The maximum absolute atomic E-state index is 3.48. The van der Waals surface area contributed by atoms with Crippen molar-refractivity contribution in [3.63, 3.8) is 0 Å². The van der Waals surface area contributed by atoms with Crippen molar-refractivity contribution in [1.82, 2.24) is 10.2 Å². The lowest BCUT2D eigenvalue weighted by molar-refractivity contribution is 0.219. The van der Waals surface area contributed by atoms with E-state index in [1.807, 2.05) is 0 Å². The van der Waals surface area contributed by atoms with Gasteiger partial charge in [0.25, 0.3) is 0 Å². The fraction of sp³-hybridized carbons (Fsp3) is 1.00. The van der Waals surface area contributed by atoms with Gasteiger partial charge in [-0.25, -0.2) is 0 Å². The Kier molecular flexibility index (Phi) is 5.57. The molecule has 0 saturated heterocycles. The predicted molar refractivity (Wildman–Crippen MR) is 60.1 cm³/mol. The molecule has 0 bridgehead atoms. The van der Waals surface area contributed by atoms with E-state index in [4.69, 9.17) is 0 Å². The molecule has 0 aromatic heterocycles. The summed E-state index contributed by atoms with van der Waals surface area (Å²) in [5.41, 5.74) is 0.235. The summed E-state index contributed by atoms with van der Waals surface area (Å²) in [5.74, 6) is 0.752. The largest absolute Gasteiger partial charge is 0.311 e. The van der Waals surface area contributed by atoms with E-state index in [9.17, 15) is 0 Å². The lowest BCUT2D eigenvalue weighted by atomic mass is 10.0. The summed E-state index contributed by atoms with van der Waals surface area (Å²) in [6.07, 6.45) is 0. The number of hydrogen-bond donors (Lipinski definition) is 1. The smallest absolute Gasteiger partial charge is 0.0251 e. The average molecular weight is 186 g/mol. The zero-order valence-electron chi connectivity index (χ0n) is 10.1. The highest BCUT2D eigenvalue weighted by molar-refractivity contribution is 4.80. The minimum atomic E-state index is 0.235. The van der Waals surface area contributed by atoms with Crippen LogP contribution < -0.4 is 5.32 Å². The first-order valence-electron chi connectivity index (χ1n) is 5.31. The standard InChI is InChI=1S/C11H26N2/c1-7-12-11(4,5)9-13(6)8-10(2)3/h10,12H,7-9H2,1-6H3. The highest BCUT2D eigenvalue weighted by Crippen LogP contribution is 2.05. The Labute approximate surface area is 83.7 Å². The molecule has 0 aliphatic rings. The Balaban J connectivity index is 3.81. The van der Waals surface area contributed by atoms with Crippen LogP contribution in [0.4, 0.5) is 0 Å².